The summed E-state index contributed by atoms with van der Waals surface area (Å²) in [4.78, 5) is 14.3. The van der Waals surface area contributed by atoms with E-state index in [4.69, 9.17) is 4.74 Å². The molecule has 1 aliphatic rings. The molecule has 1 aliphatic heterocycles. The maximum atomic E-state index is 12.4. The van der Waals surface area contributed by atoms with E-state index in [1.54, 1.807) is 0 Å². The topological polar surface area (TPSA) is 41.6 Å². The molecule has 0 spiro atoms. The zero-order valence-electron chi connectivity index (χ0n) is 13.5. The lowest BCUT2D eigenvalue weighted by Crippen LogP contribution is -2.32. The molecule has 2 atom stereocenters. The molecule has 0 saturated carbocycles. The van der Waals surface area contributed by atoms with Gasteiger partial charge < -0.3 is 9.64 Å². The van der Waals surface area contributed by atoms with E-state index < -0.39 is 0 Å². The summed E-state index contributed by atoms with van der Waals surface area (Å²) in [5.41, 5.74) is 3.64. The number of nitrogens with one attached hydrogen (secondary N) is 1. The molecule has 4 nitrogen and oxygen atoms in total. The molecule has 4 heteroatoms. The van der Waals surface area contributed by atoms with Crippen molar-refractivity contribution in [1.29, 1.82) is 0 Å². The molecule has 1 fully saturated rings. The van der Waals surface area contributed by atoms with E-state index in [2.05, 4.69) is 37.4 Å². The van der Waals surface area contributed by atoms with Crippen molar-refractivity contribution < 1.29 is 9.53 Å². The van der Waals surface area contributed by atoms with Crippen LogP contribution in [0.2, 0.25) is 0 Å². The molecule has 0 aliphatic carbocycles. The molecule has 116 valence electrons. The first-order valence-corrected chi connectivity index (χ1v) is 7.76. The summed E-state index contributed by atoms with van der Waals surface area (Å²) in [6, 6.07) is 6.28. The Labute approximate surface area is 127 Å². The van der Waals surface area contributed by atoms with E-state index in [9.17, 15) is 4.79 Å². The predicted octanol–water partition coefficient (Wildman–Crippen LogP) is 2.55. The number of hydrogen-bond acceptors (Lipinski definition) is 3. The highest BCUT2D eigenvalue weighted by Gasteiger charge is 2.37. The summed E-state index contributed by atoms with van der Waals surface area (Å²) in [6.07, 6.45) is 0.851. The van der Waals surface area contributed by atoms with E-state index in [-0.39, 0.29) is 18.1 Å². The van der Waals surface area contributed by atoms with Gasteiger partial charge in [-0.15, -0.1) is 0 Å². The van der Waals surface area contributed by atoms with Crippen LogP contribution in [-0.4, -0.2) is 36.6 Å². The van der Waals surface area contributed by atoms with Crippen molar-refractivity contribution in [1.82, 2.24) is 10.2 Å². The summed E-state index contributed by atoms with van der Waals surface area (Å²) in [5, 5.41) is 3.41. The normalized spacial score (nSPS) is 22.1. The van der Waals surface area contributed by atoms with Gasteiger partial charge in [-0.1, -0.05) is 23.8 Å². The Hall–Kier alpha value is -1.39. The van der Waals surface area contributed by atoms with E-state index in [0.29, 0.717) is 6.61 Å². The molecule has 1 N–H and O–H groups in total. The van der Waals surface area contributed by atoms with Gasteiger partial charge in [0.1, 0.15) is 6.17 Å². The number of hydrogen-bond donors (Lipinski definition) is 1. The van der Waals surface area contributed by atoms with Gasteiger partial charge in [0.15, 0.2) is 0 Å². The SMILES string of the molecule is CCOCCCN1C(=O)C(C)NC1c1cc(C)ccc1C. The highest BCUT2D eigenvalue weighted by atomic mass is 16.5. The number of ether oxygens (including phenoxy) is 1. The highest BCUT2D eigenvalue weighted by molar-refractivity contribution is 5.84. The summed E-state index contributed by atoms with van der Waals surface area (Å²) in [5.74, 6) is 0.178. The Kier molecular flexibility index (Phi) is 5.37. The van der Waals surface area contributed by atoms with E-state index in [1.165, 1.54) is 16.7 Å². The molecular formula is C17H26N2O2. The van der Waals surface area contributed by atoms with E-state index in [0.717, 1.165) is 19.6 Å². The van der Waals surface area contributed by atoms with Crippen LogP contribution in [0.4, 0.5) is 0 Å². The average molecular weight is 290 g/mol. The van der Waals surface area contributed by atoms with Gasteiger partial charge in [-0.25, -0.2) is 0 Å². The van der Waals surface area contributed by atoms with Gasteiger partial charge >= 0.3 is 0 Å². The molecular weight excluding hydrogens is 264 g/mol. The van der Waals surface area contributed by atoms with Crippen LogP contribution in [0.15, 0.2) is 18.2 Å². The second-order valence-electron chi connectivity index (χ2n) is 5.73. The summed E-state index contributed by atoms with van der Waals surface area (Å²) < 4.78 is 5.38. The number of carbonyl (C=O) groups excluding carboxylic acids is 1. The number of rotatable bonds is 6. The minimum atomic E-state index is -0.123. The van der Waals surface area contributed by atoms with Crippen LogP contribution >= 0.6 is 0 Å². The lowest BCUT2D eigenvalue weighted by atomic mass is 10.0. The van der Waals surface area contributed by atoms with Crippen LogP contribution in [0.1, 0.15) is 43.1 Å². The van der Waals surface area contributed by atoms with Gasteiger partial charge in [0, 0.05) is 19.8 Å². The van der Waals surface area contributed by atoms with Crippen LogP contribution in [-0.2, 0) is 9.53 Å². The third kappa shape index (κ3) is 3.63. The zero-order chi connectivity index (χ0) is 15.4. The number of carbonyl (C=O) groups is 1. The lowest BCUT2D eigenvalue weighted by Gasteiger charge is -2.26. The van der Waals surface area contributed by atoms with Crippen molar-refractivity contribution in [2.75, 3.05) is 19.8 Å². The van der Waals surface area contributed by atoms with Gasteiger partial charge in [-0.3, -0.25) is 10.1 Å². The Balaban J connectivity index is 2.15. The zero-order valence-corrected chi connectivity index (χ0v) is 13.5. The molecule has 1 aromatic carbocycles. The van der Waals surface area contributed by atoms with Crippen LogP contribution in [0, 0.1) is 13.8 Å². The van der Waals surface area contributed by atoms with Gasteiger partial charge in [-0.05, 0) is 45.2 Å². The van der Waals surface area contributed by atoms with Crippen molar-refractivity contribution >= 4 is 5.91 Å². The van der Waals surface area contributed by atoms with Gasteiger partial charge in [0.25, 0.3) is 0 Å². The van der Waals surface area contributed by atoms with Gasteiger partial charge in [-0.2, -0.15) is 0 Å². The second-order valence-corrected chi connectivity index (χ2v) is 5.73. The molecule has 2 unspecified atom stereocenters. The van der Waals surface area contributed by atoms with Crippen molar-refractivity contribution in [2.45, 2.75) is 46.3 Å². The van der Waals surface area contributed by atoms with Crippen molar-refractivity contribution in [3.8, 4) is 0 Å². The fourth-order valence-electron chi connectivity index (χ4n) is 2.81. The minimum Gasteiger partial charge on any atom is -0.382 e. The van der Waals surface area contributed by atoms with Crippen molar-refractivity contribution in [3.63, 3.8) is 0 Å². The Morgan fingerprint density at radius 1 is 1.33 bits per heavy atom. The van der Waals surface area contributed by atoms with E-state index in [1.807, 2.05) is 18.7 Å². The number of benzene rings is 1. The average Bonchev–Trinajstić information content (AvgIpc) is 2.74. The summed E-state index contributed by atoms with van der Waals surface area (Å²) >= 11 is 0. The molecule has 1 aromatic rings. The monoisotopic (exact) mass is 290 g/mol. The third-order valence-electron chi connectivity index (χ3n) is 3.99. The van der Waals surface area contributed by atoms with Gasteiger partial charge in [0.2, 0.25) is 5.91 Å². The fraction of sp³-hybridized carbons (Fsp3) is 0.588. The number of aryl methyl sites for hydroxylation is 2. The van der Waals surface area contributed by atoms with Crippen LogP contribution < -0.4 is 5.32 Å². The molecule has 2 rings (SSSR count). The fourth-order valence-corrected chi connectivity index (χ4v) is 2.81. The molecule has 0 radical (unpaired) electrons. The van der Waals surface area contributed by atoms with Crippen LogP contribution in [0.5, 0.6) is 0 Å². The quantitative estimate of drug-likeness (QED) is 0.819. The molecule has 21 heavy (non-hydrogen) atoms. The number of amides is 1. The van der Waals surface area contributed by atoms with Gasteiger partial charge in [0.05, 0.1) is 6.04 Å². The Bertz CT molecular complexity index is 502. The second kappa shape index (κ2) is 7.05. The summed E-state index contributed by atoms with van der Waals surface area (Å²) in [7, 11) is 0. The van der Waals surface area contributed by atoms with Crippen molar-refractivity contribution in [2.24, 2.45) is 0 Å². The first kappa shape index (κ1) is 16.0. The largest absolute Gasteiger partial charge is 0.382 e. The van der Waals surface area contributed by atoms with Crippen LogP contribution in [0.25, 0.3) is 0 Å². The maximum absolute atomic E-state index is 12.4. The molecule has 1 heterocycles. The smallest absolute Gasteiger partial charge is 0.241 e. The minimum absolute atomic E-state index is 0.0194. The molecule has 0 bridgehead atoms. The molecule has 1 amide bonds. The standard InChI is InChI=1S/C17H26N2O2/c1-5-21-10-6-9-19-16(18-14(4)17(19)20)15-11-12(2)7-8-13(15)3/h7-8,11,14,16,18H,5-6,9-10H2,1-4H3. The Morgan fingerprint density at radius 2 is 2.10 bits per heavy atom. The van der Waals surface area contributed by atoms with Crippen molar-refractivity contribution in [3.05, 3.63) is 34.9 Å². The highest BCUT2D eigenvalue weighted by Crippen LogP contribution is 2.28. The molecule has 1 saturated heterocycles. The van der Waals surface area contributed by atoms with Crippen LogP contribution in [0.3, 0.4) is 0 Å². The first-order valence-electron chi connectivity index (χ1n) is 7.76. The Morgan fingerprint density at radius 3 is 2.81 bits per heavy atom. The number of nitrogens with zero attached hydrogens (tertiary/aromatic N) is 1. The molecule has 0 aromatic heterocycles. The first-order chi connectivity index (χ1) is 10.0. The lowest BCUT2D eigenvalue weighted by molar-refractivity contribution is -0.130. The third-order valence-corrected chi connectivity index (χ3v) is 3.99. The summed E-state index contributed by atoms with van der Waals surface area (Å²) in [6.45, 7) is 10.3. The van der Waals surface area contributed by atoms with E-state index >= 15 is 0 Å². The maximum Gasteiger partial charge on any atom is 0.241 e. The predicted molar refractivity (Wildman–Crippen MR) is 84.1 cm³/mol.